The molecule has 0 aliphatic rings. The van der Waals surface area contributed by atoms with Gasteiger partial charge in [-0.05, 0) is 17.7 Å². The minimum absolute atomic E-state index is 0.0738. The highest BCUT2D eigenvalue weighted by molar-refractivity contribution is 5.83. The molecule has 29 heavy (non-hydrogen) atoms. The van der Waals surface area contributed by atoms with E-state index in [0.29, 0.717) is 12.2 Å². The van der Waals surface area contributed by atoms with Crippen LogP contribution in [0.4, 0.5) is 13.6 Å². The maximum atomic E-state index is 14.0. The summed E-state index contributed by atoms with van der Waals surface area (Å²) in [5, 5.41) is 8.73. The number of rotatable bonds is 4. The minimum atomic E-state index is -1.69. The molecular weight excluding hydrogens is 384 g/mol. The lowest BCUT2D eigenvalue weighted by atomic mass is 10.1. The smallest absolute Gasteiger partial charge is 0.449 e. The average molecular weight is 397 g/mol. The van der Waals surface area contributed by atoms with E-state index in [4.69, 9.17) is 5.11 Å². The molecule has 0 aliphatic heterocycles. The molecule has 9 heteroatoms. The summed E-state index contributed by atoms with van der Waals surface area (Å²) < 4.78 is 35.6. The van der Waals surface area contributed by atoms with Crippen LogP contribution in [0.3, 0.4) is 0 Å². The van der Waals surface area contributed by atoms with Gasteiger partial charge in [0.15, 0.2) is 17.4 Å². The fraction of sp³-hybridized carbons (Fsp3) is 0.0500. The first-order valence-electron chi connectivity index (χ1n) is 8.43. The Kier molecular flexibility index (Phi) is 4.55. The lowest BCUT2D eigenvalue weighted by Gasteiger charge is -2.17. The highest BCUT2D eigenvalue weighted by Crippen LogP contribution is 2.25. The summed E-state index contributed by atoms with van der Waals surface area (Å²) >= 11 is 0. The SMILES string of the molecule is O=C(O)Oc1cn(-c2ccccc2Cn2ccnc2)c2cc(F)c(F)cc2c1=O. The number of imidazole rings is 1. The van der Waals surface area contributed by atoms with E-state index in [-0.39, 0.29) is 10.9 Å². The summed E-state index contributed by atoms with van der Waals surface area (Å²) in [7, 11) is 0. The maximum absolute atomic E-state index is 14.0. The first-order chi connectivity index (χ1) is 13.9. The predicted molar refractivity (Wildman–Crippen MR) is 99.4 cm³/mol. The molecule has 0 unspecified atom stereocenters. The molecule has 2 heterocycles. The third kappa shape index (κ3) is 3.45. The van der Waals surface area contributed by atoms with Gasteiger partial charge in [-0.3, -0.25) is 4.79 Å². The Hall–Kier alpha value is -4.01. The molecule has 2 aromatic carbocycles. The fourth-order valence-electron chi connectivity index (χ4n) is 3.12. The van der Waals surface area contributed by atoms with Crippen molar-refractivity contribution in [2.24, 2.45) is 0 Å². The zero-order valence-electron chi connectivity index (χ0n) is 14.8. The van der Waals surface area contributed by atoms with E-state index in [9.17, 15) is 18.4 Å². The highest BCUT2D eigenvalue weighted by atomic mass is 19.2. The Balaban J connectivity index is 2.01. The highest BCUT2D eigenvalue weighted by Gasteiger charge is 2.18. The number of carboxylic acid groups (broad SMARTS) is 1. The monoisotopic (exact) mass is 397 g/mol. The summed E-state index contributed by atoms with van der Waals surface area (Å²) in [6, 6.07) is 8.68. The first kappa shape index (κ1) is 18.4. The minimum Gasteiger partial charge on any atom is -0.449 e. The number of para-hydroxylation sites is 1. The van der Waals surface area contributed by atoms with Gasteiger partial charge in [0.2, 0.25) is 5.43 Å². The zero-order chi connectivity index (χ0) is 20.5. The van der Waals surface area contributed by atoms with Crippen molar-refractivity contribution >= 4 is 17.1 Å². The van der Waals surface area contributed by atoms with Gasteiger partial charge >= 0.3 is 6.16 Å². The van der Waals surface area contributed by atoms with E-state index >= 15 is 0 Å². The van der Waals surface area contributed by atoms with Crippen LogP contribution < -0.4 is 10.2 Å². The molecule has 4 aromatic rings. The lowest BCUT2D eigenvalue weighted by molar-refractivity contribution is 0.144. The first-order valence-corrected chi connectivity index (χ1v) is 8.43. The average Bonchev–Trinajstić information content (AvgIpc) is 3.19. The molecule has 0 spiro atoms. The van der Waals surface area contributed by atoms with Crippen LogP contribution in [0.1, 0.15) is 5.56 Å². The van der Waals surface area contributed by atoms with Gasteiger partial charge in [0.05, 0.1) is 35.7 Å². The number of aromatic nitrogens is 3. The molecule has 0 atom stereocenters. The Morgan fingerprint density at radius 3 is 2.66 bits per heavy atom. The Morgan fingerprint density at radius 2 is 1.93 bits per heavy atom. The van der Waals surface area contributed by atoms with Crippen molar-refractivity contribution < 1.29 is 23.4 Å². The molecule has 146 valence electrons. The Labute approximate surface area is 162 Å². The number of ether oxygens (including phenoxy) is 1. The fourth-order valence-corrected chi connectivity index (χ4v) is 3.12. The largest absolute Gasteiger partial charge is 0.511 e. The van der Waals surface area contributed by atoms with Crippen LogP contribution in [-0.2, 0) is 6.54 Å². The summed E-state index contributed by atoms with van der Waals surface area (Å²) in [4.78, 5) is 27.5. The maximum Gasteiger partial charge on any atom is 0.511 e. The molecule has 7 nitrogen and oxygen atoms in total. The van der Waals surface area contributed by atoms with Crippen LogP contribution in [0, 0.1) is 11.6 Å². The number of hydrogen-bond donors (Lipinski definition) is 1. The van der Waals surface area contributed by atoms with E-state index in [1.54, 1.807) is 41.5 Å². The molecule has 0 radical (unpaired) electrons. The normalized spacial score (nSPS) is 11.0. The number of fused-ring (bicyclic) bond motifs is 1. The molecule has 4 rings (SSSR count). The zero-order valence-corrected chi connectivity index (χ0v) is 14.8. The number of hydrogen-bond acceptors (Lipinski definition) is 4. The third-order valence-corrected chi connectivity index (χ3v) is 4.37. The summed E-state index contributed by atoms with van der Waals surface area (Å²) in [6.07, 6.45) is 4.46. The predicted octanol–water partition coefficient (Wildman–Crippen LogP) is 3.57. The van der Waals surface area contributed by atoms with E-state index in [1.807, 2.05) is 6.07 Å². The van der Waals surface area contributed by atoms with Gasteiger partial charge in [-0.1, -0.05) is 18.2 Å². The molecule has 2 aromatic heterocycles. The number of halogens is 2. The van der Waals surface area contributed by atoms with Crippen molar-refractivity contribution in [2.45, 2.75) is 6.54 Å². The molecule has 0 fully saturated rings. The van der Waals surface area contributed by atoms with E-state index in [2.05, 4.69) is 9.72 Å². The summed E-state index contributed by atoms with van der Waals surface area (Å²) in [6.45, 7) is 0.405. The van der Waals surface area contributed by atoms with Crippen LogP contribution in [0.25, 0.3) is 16.6 Å². The van der Waals surface area contributed by atoms with Gasteiger partial charge < -0.3 is 19.0 Å². The van der Waals surface area contributed by atoms with Gasteiger partial charge in [0, 0.05) is 18.5 Å². The number of pyridine rings is 1. The topological polar surface area (TPSA) is 86.3 Å². The van der Waals surface area contributed by atoms with Gasteiger partial charge in [-0.2, -0.15) is 0 Å². The van der Waals surface area contributed by atoms with Crippen LogP contribution in [-0.4, -0.2) is 25.4 Å². The Bertz CT molecular complexity index is 1280. The molecular formula is C20H13F2N3O4. The van der Waals surface area contributed by atoms with Crippen LogP contribution in [0.15, 0.2) is 66.1 Å². The summed E-state index contributed by atoms with van der Waals surface area (Å²) in [5.41, 5.74) is 0.517. The van der Waals surface area contributed by atoms with Crippen LogP contribution in [0.5, 0.6) is 5.75 Å². The molecule has 1 N–H and O–H groups in total. The van der Waals surface area contributed by atoms with Crippen LogP contribution in [0.2, 0.25) is 0 Å². The van der Waals surface area contributed by atoms with Crippen molar-refractivity contribution in [3.05, 3.63) is 88.7 Å². The van der Waals surface area contributed by atoms with E-state index in [1.165, 1.54) is 4.57 Å². The number of nitrogens with zero attached hydrogens (tertiary/aromatic N) is 3. The number of benzene rings is 2. The summed E-state index contributed by atoms with van der Waals surface area (Å²) in [5.74, 6) is -2.88. The van der Waals surface area contributed by atoms with Gasteiger partial charge in [0.25, 0.3) is 0 Å². The van der Waals surface area contributed by atoms with E-state index in [0.717, 1.165) is 23.9 Å². The van der Waals surface area contributed by atoms with Crippen molar-refractivity contribution in [1.29, 1.82) is 0 Å². The second-order valence-corrected chi connectivity index (χ2v) is 6.21. The van der Waals surface area contributed by atoms with Gasteiger partial charge in [-0.25, -0.2) is 18.6 Å². The standard InChI is InChI=1S/C20H13F2N3O4/c21-14-7-13-17(8-15(14)22)25(10-18(19(13)26)29-20(27)28)16-4-2-1-3-12(16)9-24-6-5-23-11-24/h1-8,10-11H,9H2,(H,27,28). The molecule has 0 saturated carbocycles. The number of carbonyl (C=O) groups is 1. The molecule has 0 saturated heterocycles. The van der Waals surface area contributed by atoms with Crippen molar-refractivity contribution in [3.63, 3.8) is 0 Å². The van der Waals surface area contributed by atoms with Gasteiger partial charge in [-0.15, -0.1) is 0 Å². The molecule has 0 amide bonds. The molecule has 0 aliphatic carbocycles. The van der Waals surface area contributed by atoms with Crippen LogP contribution >= 0.6 is 0 Å². The van der Waals surface area contributed by atoms with Crippen molar-refractivity contribution in [2.75, 3.05) is 0 Å². The van der Waals surface area contributed by atoms with E-state index < -0.39 is 29.0 Å². The van der Waals surface area contributed by atoms with Crippen molar-refractivity contribution in [3.8, 4) is 11.4 Å². The second kappa shape index (κ2) is 7.19. The Morgan fingerprint density at radius 1 is 1.17 bits per heavy atom. The second-order valence-electron chi connectivity index (χ2n) is 6.21. The molecule has 0 bridgehead atoms. The quantitative estimate of drug-likeness (QED) is 0.532. The third-order valence-electron chi connectivity index (χ3n) is 4.37. The van der Waals surface area contributed by atoms with Crippen molar-refractivity contribution in [1.82, 2.24) is 14.1 Å². The lowest BCUT2D eigenvalue weighted by Crippen LogP contribution is -2.17. The van der Waals surface area contributed by atoms with Gasteiger partial charge in [0.1, 0.15) is 0 Å².